The van der Waals surface area contributed by atoms with Gasteiger partial charge in [-0.15, -0.1) is 0 Å². The number of hydrogen-bond donors (Lipinski definition) is 1. The summed E-state index contributed by atoms with van der Waals surface area (Å²) in [7, 11) is -0.844. The number of halogens is 1. The molecule has 0 radical (unpaired) electrons. The Kier molecular flexibility index (Phi) is 6.87. The van der Waals surface area contributed by atoms with Gasteiger partial charge in [0, 0.05) is 10.6 Å². The molecule has 164 valence electrons. The molecule has 0 unspecified atom stereocenters. The minimum absolute atomic E-state index is 0.242. The average Bonchev–Trinajstić information content (AvgIpc) is 3.07. The van der Waals surface area contributed by atoms with Crippen LogP contribution in [0.4, 0.5) is 5.69 Å². The van der Waals surface area contributed by atoms with Crippen LogP contribution >= 0.6 is 11.6 Å². The van der Waals surface area contributed by atoms with Crippen molar-refractivity contribution in [2.45, 2.75) is 12.7 Å². The number of aromatic nitrogens is 1. The number of carbonyl (C=O) groups excluding carboxylic acids is 1. The Morgan fingerprint density at radius 2 is 1.94 bits per heavy atom. The van der Waals surface area contributed by atoms with Gasteiger partial charge in [0.25, 0.3) is 0 Å². The maximum atomic E-state index is 12.6. The smallest absolute Gasteiger partial charge is 0.239 e. The van der Waals surface area contributed by atoms with Crippen LogP contribution in [0.1, 0.15) is 11.5 Å². The molecule has 1 heterocycles. The fraction of sp³-hybridized carbons (Fsp3) is 0.238. The first-order chi connectivity index (χ1) is 14.7. The van der Waals surface area contributed by atoms with Crippen LogP contribution in [-0.4, -0.2) is 39.3 Å². The highest BCUT2D eigenvalue weighted by Crippen LogP contribution is 2.28. The summed E-state index contributed by atoms with van der Waals surface area (Å²) in [5, 5.41) is 2.89. The van der Waals surface area contributed by atoms with Gasteiger partial charge < -0.3 is 19.2 Å². The summed E-state index contributed by atoms with van der Waals surface area (Å²) in [5.74, 6) is -0.264. The molecular formula is C21H21ClN2O6S. The van der Waals surface area contributed by atoms with Crippen molar-refractivity contribution in [1.29, 1.82) is 0 Å². The van der Waals surface area contributed by atoms with Crippen LogP contribution in [-0.2, 0) is 20.4 Å². The number of carbonyl (C=O) groups is 1. The van der Waals surface area contributed by atoms with Crippen LogP contribution in [0.15, 0.2) is 46.9 Å². The van der Waals surface area contributed by atoms with Crippen molar-refractivity contribution >= 4 is 33.0 Å². The molecule has 3 rings (SSSR count). The number of hydrogen-bond acceptors (Lipinski definition) is 7. The van der Waals surface area contributed by atoms with Crippen molar-refractivity contribution in [3.8, 4) is 23.0 Å². The zero-order valence-corrected chi connectivity index (χ0v) is 18.7. The van der Waals surface area contributed by atoms with Crippen molar-refractivity contribution in [2.75, 3.05) is 25.3 Å². The summed E-state index contributed by atoms with van der Waals surface area (Å²) in [6.07, 6.45) is 0. The van der Waals surface area contributed by atoms with E-state index in [0.29, 0.717) is 27.8 Å². The van der Waals surface area contributed by atoms with E-state index >= 15 is 0 Å². The molecule has 10 heteroatoms. The zero-order valence-electron chi connectivity index (χ0n) is 17.1. The summed E-state index contributed by atoms with van der Waals surface area (Å²) in [6, 6.07) is 11.7. The third-order valence-corrected chi connectivity index (χ3v) is 6.00. The van der Waals surface area contributed by atoms with Crippen molar-refractivity contribution in [1.82, 2.24) is 4.98 Å². The lowest BCUT2D eigenvalue weighted by Gasteiger charge is -2.10. The second-order valence-corrected chi connectivity index (χ2v) is 9.18. The number of sulfone groups is 1. The van der Waals surface area contributed by atoms with Gasteiger partial charge >= 0.3 is 0 Å². The van der Waals surface area contributed by atoms with Crippen LogP contribution < -0.4 is 14.8 Å². The van der Waals surface area contributed by atoms with E-state index in [1.165, 1.54) is 13.2 Å². The predicted octanol–water partition coefficient (Wildman–Crippen LogP) is 3.87. The summed E-state index contributed by atoms with van der Waals surface area (Å²) in [6.45, 7) is 1.62. The number of oxazole rings is 1. The first kappa shape index (κ1) is 22.6. The van der Waals surface area contributed by atoms with Crippen LogP contribution in [0, 0.1) is 6.92 Å². The summed E-state index contributed by atoms with van der Waals surface area (Å²) >= 11 is 5.94. The van der Waals surface area contributed by atoms with Crippen molar-refractivity contribution in [2.24, 2.45) is 0 Å². The number of ether oxygens (including phenoxy) is 2. The highest BCUT2D eigenvalue weighted by molar-refractivity contribution is 7.91. The second kappa shape index (κ2) is 9.40. The fourth-order valence-electron chi connectivity index (χ4n) is 2.86. The molecule has 0 aliphatic heterocycles. The Morgan fingerprint density at radius 3 is 2.65 bits per heavy atom. The molecule has 0 atom stereocenters. The average molecular weight is 465 g/mol. The number of nitrogens with zero attached hydrogens (tertiary/aromatic N) is 1. The molecule has 1 N–H and O–H groups in total. The SMILES string of the molecule is COc1cccc(-c2nc(CS(=O)(=O)CC(=O)Nc3cc(Cl)ccc3OC)c(C)o2)c1. The molecule has 0 spiro atoms. The van der Waals surface area contributed by atoms with Gasteiger partial charge in [-0.1, -0.05) is 17.7 Å². The molecule has 1 amide bonds. The summed E-state index contributed by atoms with van der Waals surface area (Å²) < 4.78 is 41.2. The van der Waals surface area contributed by atoms with Gasteiger partial charge in [0.15, 0.2) is 9.84 Å². The molecule has 0 aliphatic rings. The monoisotopic (exact) mass is 464 g/mol. The van der Waals surface area contributed by atoms with E-state index in [1.807, 2.05) is 0 Å². The molecule has 0 bridgehead atoms. The number of rotatable bonds is 8. The predicted molar refractivity (Wildman–Crippen MR) is 117 cm³/mol. The van der Waals surface area contributed by atoms with Gasteiger partial charge in [0.1, 0.15) is 23.0 Å². The molecule has 31 heavy (non-hydrogen) atoms. The van der Waals surface area contributed by atoms with Crippen molar-refractivity contribution in [3.05, 3.63) is 58.9 Å². The third kappa shape index (κ3) is 5.77. The number of methoxy groups -OCH3 is 2. The highest BCUT2D eigenvalue weighted by Gasteiger charge is 2.23. The largest absolute Gasteiger partial charge is 0.497 e. The molecule has 3 aromatic rings. The minimum atomic E-state index is -3.82. The maximum absolute atomic E-state index is 12.6. The Morgan fingerprint density at radius 1 is 1.16 bits per heavy atom. The Hall–Kier alpha value is -3.04. The van der Waals surface area contributed by atoms with E-state index < -0.39 is 27.3 Å². The summed E-state index contributed by atoms with van der Waals surface area (Å²) in [4.78, 5) is 16.6. The Labute approximate surface area is 185 Å². The molecule has 2 aromatic carbocycles. The van der Waals surface area contributed by atoms with Gasteiger partial charge in [-0.05, 0) is 43.3 Å². The lowest BCUT2D eigenvalue weighted by molar-refractivity contribution is -0.113. The van der Waals surface area contributed by atoms with E-state index in [2.05, 4.69) is 10.3 Å². The first-order valence-electron chi connectivity index (χ1n) is 9.15. The van der Waals surface area contributed by atoms with Crippen molar-refractivity contribution in [3.63, 3.8) is 0 Å². The molecule has 0 fully saturated rings. The van der Waals surface area contributed by atoms with E-state index in [9.17, 15) is 13.2 Å². The molecule has 8 nitrogen and oxygen atoms in total. The van der Waals surface area contributed by atoms with Crippen LogP contribution in [0.5, 0.6) is 11.5 Å². The first-order valence-corrected chi connectivity index (χ1v) is 11.3. The highest BCUT2D eigenvalue weighted by atomic mass is 35.5. The number of anilines is 1. The van der Waals surface area contributed by atoms with Crippen LogP contribution in [0.25, 0.3) is 11.5 Å². The quantitative estimate of drug-likeness (QED) is 0.539. The molecular weight excluding hydrogens is 444 g/mol. The lowest BCUT2D eigenvalue weighted by atomic mass is 10.2. The lowest BCUT2D eigenvalue weighted by Crippen LogP contribution is -2.24. The van der Waals surface area contributed by atoms with Gasteiger partial charge in [-0.2, -0.15) is 0 Å². The van der Waals surface area contributed by atoms with E-state index in [4.69, 9.17) is 25.5 Å². The molecule has 0 aliphatic carbocycles. The number of amides is 1. The van der Waals surface area contributed by atoms with E-state index in [-0.39, 0.29) is 17.3 Å². The third-order valence-electron chi connectivity index (χ3n) is 4.35. The van der Waals surface area contributed by atoms with Gasteiger partial charge in [-0.25, -0.2) is 13.4 Å². The van der Waals surface area contributed by atoms with E-state index in [1.54, 1.807) is 50.4 Å². The molecule has 0 saturated carbocycles. The second-order valence-electron chi connectivity index (χ2n) is 6.68. The Bertz CT molecular complexity index is 1210. The zero-order chi connectivity index (χ0) is 22.6. The topological polar surface area (TPSA) is 108 Å². The Balaban J connectivity index is 1.73. The number of benzene rings is 2. The number of aryl methyl sites for hydroxylation is 1. The normalized spacial score (nSPS) is 11.2. The number of nitrogens with one attached hydrogen (secondary N) is 1. The van der Waals surface area contributed by atoms with Crippen LogP contribution in [0.3, 0.4) is 0 Å². The fourth-order valence-corrected chi connectivity index (χ4v) is 4.29. The van der Waals surface area contributed by atoms with Gasteiger partial charge in [0.2, 0.25) is 11.8 Å². The minimum Gasteiger partial charge on any atom is -0.497 e. The van der Waals surface area contributed by atoms with Crippen LogP contribution in [0.2, 0.25) is 5.02 Å². The van der Waals surface area contributed by atoms with Gasteiger partial charge in [-0.3, -0.25) is 4.79 Å². The van der Waals surface area contributed by atoms with Crippen molar-refractivity contribution < 1.29 is 27.1 Å². The summed E-state index contributed by atoms with van der Waals surface area (Å²) in [5.41, 5.74) is 1.18. The van der Waals surface area contributed by atoms with E-state index in [0.717, 1.165) is 0 Å². The molecule has 0 saturated heterocycles. The maximum Gasteiger partial charge on any atom is 0.239 e. The molecule has 1 aromatic heterocycles. The standard InChI is InChI=1S/C21H21ClN2O6S/c1-13-18(24-21(30-13)14-5-4-6-16(9-14)28-2)11-31(26,27)12-20(25)23-17-10-15(22)7-8-19(17)29-3/h4-10H,11-12H2,1-3H3,(H,23,25). The van der Waals surface area contributed by atoms with Gasteiger partial charge in [0.05, 0.1) is 31.4 Å².